The molecular weight excluding hydrogens is 300 g/mol. The number of benzene rings is 2. The van der Waals surface area contributed by atoms with E-state index in [4.69, 9.17) is 0 Å². The monoisotopic (exact) mass is 334 g/mol. The molecule has 3 unspecified atom stereocenters. The molecule has 0 saturated heterocycles. The summed E-state index contributed by atoms with van der Waals surface area (Å²) in [6.45, 7) is 10.0. The molecule has 1 aliphatic rings. The SMILES string of the molecule is CC1CC[C@H](C(C)c2ccccc2)C(C)(C)C1CCc1ccccc1. The predicted molar refractivity (Wildman–Crippen MR) is 109 cm³/mol. The molecule has 134 valence electrons. The molecule has 1 fully saturated rings. The zero-order valence-corrected chi connectivity index (χ0v) is 16.4. The minimum atomic E-state index is 0.391. The molecule has 0 bridgehead atoms. The van der Waals surface area contributed by atoms with Crippen molar-refractivity contribution in [1.82, 2.24) is 0 Å². The smallest absolute Gasteiger partial charge is 0.0157 e. The molecular formula is C25H34. The average Bonchev–Trinajstić information content (AvgIpc) is 2.62. The summed E-state index contributed by atoms with van der Waals surface area (Å²) in [7, 11) is 0. The lowest BCUT2D eigenvalue weighted by Gasteiger charge is -2.51. The summed E-state index contributed by atoms with van der Waals surface area (Å²) in [5, 5.41) is 0. The third kappa shape index (κ3) is 4.00. The maximum absolute atomic E-state index is 2.54. The van der Waals surface area contributed by atoms with Gasteiger partial charge in [-0.3, -0.25) is 0 Å². The Labute approximate surface area is 154 Å². The molecule has 4 atom stereocenters. The first-order chi connectivity index (χ1) is 12.0. The van der Waals surface area contributed by atoms with Crippen LogP contribution in [0, 0.1) is 23.2 Å². The van der Waals surface area contributed by atoms with Gasteiger partial charge in [0.2, 0.25) is 0 Å². The van der Waals surface area contributed by atoms with Gasteiger partial charge in [-0.25, -0.2) is 0 Å². The second-order valence-electron chi connectivity index (χ2n) is 8.81. The van der Waals surface area contributed by atoms with E-state index < -0.39 is 0 Å². The molecule has 0 radical (unpaired) electrons. The van der Waals surface area contributed by atoms with E-state index in [0.29, 0.717) is 11.3 Å². The summed E-state index contributed by atoms with van der Waals surface area (Å²) in [6, 6.07) is 22.2. The average molecular weight is 335 g/mol. The third-order valence-corrected chi connectivity index (χ3v) is 7.05. The molecule has 0 aliphatic heterocycles. The first kappa shape index (κ1) is 18.2. The maximum Gasteiger partial charge on any atom is -0.0157 e. The van der Waals surface area contributed by atoms with E-state index in [1.165, 1.54) is 36.8 Å². The lowest BCUT2D eigenvalue weighted by molar-refractivity contribution is 0.00196. The van der Waals surface area contributed by atoms with Crippen LogP contribution in [0.25, 0.3) is 0 Å². The molecule has 0 spiro atoms. The Morgan fingerprint density at radius 3 is 2.16 bits per heavy atom. The van der Waals surface area contributed by atoms with Crippen LogP contribution in [0.1, 0.15) is 64.0 Å². The maximum atomic E-state index is 2.54. The summed E-state index contributed by atoms with van der Waals surface area (Å²) in [6.07, 6.45) is 5.28. The van der Waals surface area contributed by atoms with Gasteiger partial charge >= 0.3 is 0 Å². The Hall–Kier alpha value is -1.56. The zero-order chi connectivity index (χ0) is 17.9. The highest BCUT2D eigenvalue weighted by molar-refractivity contribution is 5.21. The minimum Gasteiger partial charge on any atom is -0.0622 e. The second kappa shape index (κ2) is 7.77. The standard InChI is InChI=1S/C25H34/c1-19-15-17-24(20(2)22-13-9-6-10-14-22)25(3,4)23(19)18-16-21-11-7-5-8-12-21/h5-14,19-20,23-24H,15-18H2,1-4H3/t19?,20?,23?,24-/m1/s1. The Morgan fingerprint density at radius 2 is 1.52 bits per heavy atom. The third-order valence-electron chi connectivity index (χ3n) is 7.05. The van der Waals surface area contributed by atoms with Crippen LogP contribution in [0.2, 0.25) is 0 Å². The molecule has 1 saturated carbocycles. The molecule has 0 heterocycles. The van der Waals surface area contributed by atoms with Crippen molar-refractivity contribution in [2.45, 2.75) is 59.3 Å². The fraction of sp³-hybridized carbons (Fsp3) is 0.520. The van der Waals surface area contributed by atoms with Gasteiger partial charge in [0.15, 0.2) is 0 Å². The van der Waals surface area contributed by atoms with Crippen molar-refractivity contribution < 1.29 is 0 Å². The quantitative estimate of drug-likeness (QED) is 0.546. The fourth-order valence-corrected chi connectivity index (χ4v) is 5.53. The van der Waals surface area contributed by atoms with E-state index >= 15 is 0 Å². The second-order valence-corrected chi connectivity index (χ2v) is 8.81. The molecule has 1 aliphatic carbocycles. The van der Waals surface area contributed by atoms with Gasteiger partial charge in [0.25, 0.3) is 0 Å². The largest absolute Gasteiger partial charge is 0.0622 e. The molecule has 0 amide bonds. The van der Waals surface area contributed by atoms with Gasteiger partial charge in [0.05, 0.1) is 0 Å². The number of hydrogen-bond donors (Lipinski definition) is 0. The van der Waals surface area contributed by atoms with Crippen molar-refractivity contribution in [2.75, 3.05) is 0 Å². The summed E-state index contributed by atoms with van der Waals surface area (Å²) < 4.78 is 0. The van der Waals surface area contributed by atoms with E-state index in [2.05, 4.69) is 88.4 Å². The van der Waals surface area contributed by atoms with Gasteiger partial charge in [0.1, 0.15) is 0 Å². The van der Waals surface area contributed by atoms with Crippen LogP contribution in [0.5, 0.6) is 0 Å². The van der Waals surface area contributed by atoms with Gasteiger partial charge < -0.3 is 0 Å². The number of aryl methyl sites for hydroxylation is 1. The fourth-order valence-electron chi connectivity index (χ4n) is 5.53. The highest BCUT2D eigenvalue weighted by Crippen LogP contribution is 2.54. The van der Waals surface area contributed by atoms with Crippen molar-refractivity contribution in [3.63, 3.8) is 0 Å². The molecule has 25 heavy (non-hydrogen) atoms. The van der Waals surface area contributed by atoms with Crippen LogP contribution >= 0.6 is 0 Å². The molecule has 2 aromatic rings. The van der Waals surface area contributed by atoms with Crippen molar-refractivity contribution in [1.29, 1.82) is 0 Å². The van der Waals surface area contributed by atoms with E-state index in [1.807, 2.05) is 0 Å². The van der Waals surface area contributed by atoms with Crippen LogP contribution in [-0.2, 0) is 6.42 Å². The molecule has 0 heteroatoms. The lowest BCUT2D eigenvalue weighted by Crippen LogP contribution is -2.43. The minimum absolute atomic E-state index is 0.391. The summed E-state index contributed by atoms with van der Waals surface area (Å²) in [5.41, 5.74) is 3.39. The van der Waals surface area contributed by atoms with Crippen LogP contribution in [0.15, 0.2) is 60.7 Å². The van der Waals surface area contributed by atoms with Gasteiger partial charge in [-0.1, -0.05) is 94.8 Å². The Balaban J connectivity index is 1.76. The van der Waals surface area contributed by atoms with E-state index in [1.54, 1.807) is 0 Å². The highest BCUT2D eigenvalue weighted by Gasteiger charge is 2.45. The topological polar surface area (TPSA) is 0 Å². The van der Waals surface area contributed by atoms with Gasteiger partial charge in [-0.15, -0.1) is 0 Å². The van der Waals surface area contributed by atoms with Crippen LogP contribution in [0.4, 0.5) is 0 Å². The van der Waals surface area contributed by atoms with Crippen LogP contribution in [-0.4, -0.2) is 0 Å². The Morgan fingerprint density at radius 1 is 0.920 bits per heavy atom. The predicted octanol–water partition coefficient (Wildman–Crippen LogP) is 7.11. The van der Waals surface area contributed by atoms with E-state index in [-0.39, 0.29) is 0 Å². The van der Waals surface area contributed by atoms with Crippen molar-refractivity contribution >= 4 is 0 Å². The number of rotatable bonds is 5. The van der Waals surface area contributed by atoms with Crippen molar-refractivity contribution in [3.8, 4) is 0 Å². The Kier molecular flexibility index (Phi) is 5.67. The summed E-state index contributed by atoms with van der Waals surface area (Å²) >= 11 is 0. The van der Waals surface area contributed by atoms with Crippen molar-refractivity contribution in [3.05, 3.63) is 71.8 Å². The lowest BCUT2D eigenvalue weighted by atomic mass is 9.54. The normalized spacial score (nSPS) is 27.0. The Bertz CT molecular complexity index is 640. The molecule has 3 rings (SSSR count). The van der Waals surface area contributed by atoms with Gasteiger partial charge in [0, 0.05) is 0 Å². The zero-order valence-electron chi connectivity index (χ0n) is 16.4. The van der Waals surface area contributed by atoms with Crippen LogP contribution < -0.4 is 0 Å². The van der Waals surface area contributed by atoms with E-state index in [0.717, 1.165) is 17.8 Å². The van der Waals surface area contributed by atoms with E-state index in [9.17, 15) is 0 Å². The molecule has 2 aromatic carbocycles. The van der Waals surface area contributed by atoms with Crippen LogP contribution in [0.3, 0.4) is 0 Å². The van der Waals surface area contributed by atoms with Gasteiger partial charge in [-0.05, 0) is 59.5 Å². The van der Waals surface area contributed by atoms with Crippen molar-refractivity contribution in [2.24, 2.45) is 23.2 Å². The summed E-state index contributed by atoms with van der Waals surface area (Å²) in [5.74, 6) is 3.05. The molecule has 0 N–H and O–H groups in total. The molecule has 0 aromatic heterocycles. The van der Waals surface area contributed by atoms with Gasteiger partial charge in [-0.2, -0.15) is 0 Å². The first-order valence-corrected chi connectivity index (χ1v) is 10.1. The number of hydrogen-bond acceptors (Lipinski definition) is 0. The highest BCUT2D eigenvalue weighted by atomic mass is 14.5. The first-order valence-electron chi connectivity index (χ1n) is 10.1. The molecule has 0 nitrogen and oxygen atoms in total. The summed E-state index contributed by atoms with van der Waals surface area (Å²) in [4.78, 5) is 0.